The first-order valence-corrected chi connectivity index (χ1v) is 8.57. The zero-order valence-corrected chi connectivity index (χ0v) is 14.3. The van der Waals surface area contributed by atoms with Gasteiger partial charge >= 0.3 is 0 Å². The fourth-order valence-electron chi connectivity index (χ4n) is 4.22. The average molecular weight is 273 g/mol. The molecule has 0 saturated heterocycles. The summed E-state index contributed by atoms with van der Waals surface area (Å²) < 4.78 is 0. The molecular weight excluding hydrogens is 240 g/mol. The summed E-state index contributed by atoms with van der Waals surface area (Å²) >= 11 is 0. The summed E-state index contributed by atoms with van der Waals surface area (Å²) in [6.07, 6.45) is 13.1. The second-order valence-electron chi connectivity index (χ2n) is 7.81. The van der Waals surface area contributed by atoms with E-state index in [9.17, 15) is 0 Å². The number of hydrogen-bond donors (Lipinski definition) is 0. The van der Waals surface area contributed by atoms with Gasteiger partial charge in [-0.25, -0.2) is 0 Å². The van der Waals surface area contributed by atoms with E-state index in [2.05, 4.69) is 40.7 Å². The molecule has 1 atom stereocenters. The van der Waals surface area contributed by atoms with Crippen molar-refractivity contribution < 1.29 is 0 Å². The highest BCUT2D eigenvalue weighted by molar-refractivity contribution is 5.25. The van der Waals surface area contributed by atoms with Crippen LogP contribution in [0, 0.1) is 17.3 Å². The highest BCUT2D eigenvalue weighted by Crippen LogP contribution is 2.48. The van der Waals surface area contributed by atoms with Crippen LogP contribution in [-0.4, -0.2) is 0 Å². The third-order valence-corrected chi connectivity index (χ3v) is 5.91. The molecule has 0 aromatic carbocycles. The van der Waals surface area contributed by atoms with Gasteiger partial charge in [-0.15, -0.1) is 0 Å². The summed E-state index contributed by atoms with van der Waals surface area (Å²) in [5.41, 5.74) is 5.48. The van der Waals surface area contributed by atoms with Gasteiger partial charge in [0.05, 0.1) is 25.7 Å². The molecule has 0 unspecified atom stereocenters. The maximum absolute atomic E-state index is 2.54. The fourth-order valence-corrected chi connectivity index (χ4v) is 4.22. The van der Waals surface area contributed by atoms with E-state index in [0.717, 1.165) is 5.92 Å². The quantitative estimate of drug-likeness (QED) is 0.343. The van der Waals surface area contributed by atoms with Gasteiger partial charge in [0.15, 0.2) is 0 Å². The van der Waals surface area contributed by atoms with Crippen molar-refractivity contribution in [2.75, 3.05) is 0 Å². The molecule has 0 heteroatoms. The fraction of sp³-hybridized carbons (Fsp3) is 0.750. The summed E-state index contributed by atoms with van der Waals surface area (Å²) in [6, 6.07) is 0. The van der Waals surface area contributed by atoms with Crippen LogP contribution >= 0.6 is 0 Å². The topological polar surface area (TPSA) is 0 Å². The lowest BCUT2D eigenvalue weighted by atomic mass is 9.63. The Morgan fingerprint density at radius 2 is 1.85 bits per heavy atom. The van der Waals surface area contributed by atoms with Crippen LogP contribution in [-0.2, 0) is 0 Å². The molecule has 2 bridgehead atoms. The maximum atomic E-state index is 2.54. The van der Waals surface area contributed by atoms with Crippen LogP contribution in [0.2, 0.25) is 0 Å². The predicted molar refractivity (Wildman–Crippen MR) is 89.6 cm³/mol. The van der Waals surface area contributed by atoms with E-state index < -0.39 is 0 Å². The van der Waals surface area contributed by atoms with Crippen molar-refractivity contribution in [3.63, 3.8) is 0 Å². The molecular formula is C20H33+. The molecule has 0 radical (unpaired) electrons. The molecule has 0 amide bonds. The monoisotopic (exact) mass is 273 g/mol. The normalized spacial score (nSPS) is 28.6. The standard InChI is InChI=1S/C20H33/c1-15-7-6-8-16(2)10-14-19-17(3)11-13-18(12-9-15)20(19,4)5/h9,18H,6-8,10-14H2,1-5H3/q+1/t18-/m1/s1. The van der Waals surface area contributed by atoms with Crippen molar-refractivity contribution in [2.45, 2.75) is 86.0 Å². The second-order valence-corrected chi connectivity index (χ2v) is 7.81. The van der Waals surface area contributed by atoms with Gasteiger partial charge in [-0.05, 0) is 57.3 Å². The molecule has 0 fully saturated rings. The third kappa shape index (κ3) is 3.51. The average Bonchev–Trinajstić information content (AvgIpc) is 2.36. The molecule has 2 rings (SSSR count). The predicted octanol–water partition coefficient (Wildman–Crippen LogP) is 6.63. The smallest absolute Gasteiger partial charge is 0.0853 e. The number of allylic oxidation sites excluding steroid dienone is 4. The SMILES string of the molecule is CC1=CC[C@@H]2CCC(C)=C(CC[C+](C)CCC1)C2(C)C. The van der Waals surface area contributed by atoms with Crippen molar-refractivity contribution in [1.29, 1.82) is 0 Å². The summed E-state index contributed by atoms with van der Waals surface area (Å²) in [7, 11) is 0. The van der Waals surface area contributed by atoms with Crippen LogP contribution in [0.3, 0.4) is 0 Å². The molecule has 0 saturated carbocycles. The van der Waals surface area contributed by atoms with Crippen molar-refractivity contribution in [3.8, 4) is 0 Å². The van der Waals surface area contributed by atoms with E-state index in [1.54, 1.807) is 22.6 Å². The van der Waals surface area contributed by atoms with Crippen LogP contribution in [0.25, 0.3) is 0 Å². The number of hydrogen-bond acceptors (Lipinski definition) is 0. The summed E-state index contributed by atoms with van der Waals surface area (Å²) in [5.74, 6) is 2.55. The molecule has 0 aromatic rings. The summed E-state index contributed by atoms with van der Waals surface area (Å²) in [4.78, 5) is 0. The van der Waals surface area contributed by atoms with Crippen LogP contribution in [0.4, 0.5) is 0 Å². The molecule has 2 aliphatic carbocycles. The summed E-state index contributed by atoms with van der Waals surface area (Å²) in [6.45, 7) is 12.1. The highest BCUT2D eigenvalue weighted by atomic mass is 14.4. The number of rotatable bonds is 0. The zero-order valence-electron chi connectivity index (χ0n) is 14.3. The van der Waals surface area contributed by atoms with E-state index >= 15 is 0 Å². The lowest BCUT2D eigenvalue weighted by Gasteiger charge is -2.42. The second kappa shape index (κ2) is 6.41. The van der Waals surface area contributed by atoms with Crippen molar-refractivity contribution in [2.24, 2.45) is 11.3 Å². The van der Waals surface area contributed by atoms with E-state index in [-0.39, 0.29) is 0 Å². The van der Waals surface area contributed by atoms with Gasteiger partial charge < -0.3 is 0 Å². The molecule has 112 valence electrons. The third-order valence-electron chi connectivity index (χ3n) is 5.91. The molecule has 0 spiro atoms. The van der Waals surface area contributed by atoms with Crippen LogP contribution in [0.1, 0.15) is 86.0 Å². The molecule has 2 aliphatic rings. The van der Waals surface area contributed by atoms with E-state index in [0.29, 0.717) is 5.41 Å². The Morgan fingerprint density at radius 3 is 2.60 bits per heavy atom. The maximum Gasteiger partial charge on any atom is 0.0934 e. The van der Waals surface area contributed by atoms with Crippen LogP contribution in [0.15, 0.2) is 22.8 Å². The van der Waals surface area contributed by atoms with Crippen molar-refractivity contribution in [3.05, 3.63) is 28.7 Å². The van der Waals surface area contributed by atoms with Gasteiger partial charge in [-0.3, -0.25) is 0 Å². The van der Waals surface area contributed by atoms with Crippen LogP contribution < -0.4 is 0 Å². The summed E-state index contributed by atoms with van der Waals surface area (Å²) in [5, 5.41) is 0. The first-order chi connectivity index (χ1) is 9.41. The van der Waals surface area contributed by atoms with Gasteiger partial charge in [0.1, 0.15) is 0 Å². The minimum Gasteiger partial charge on any atom is -0.0853 e. The van der Waals surface area contributed by atoms with Gasteiger partial charge in [0.2, 0.25) is 0 Å². The first kappa shape index (κ1) is 15.7. The van der Waals surface area contributed by atoms with Gasteiger partial charge in [-0.2, -0.15) is 0 Å². The van der Waals surface area contributed by atoms with Crippen molar-refractivity contribution >= 4 is 0 Å². The lowest BCUT2D eigenvalue weighted by Crippen LogP contribution is -2.31. The minimum absolute atomic E-state index is 0.401. The Balaban J connectivity index is 2.27. The molecule has 20 heavy (non-hydrogen) atoms. The number of fused-ring (bicyclic) bond motifs is 2. The first-order valence-electron chi connectivity index (χ1n) is 8.57. The largest absolute Gasteiger partial charge is 0.0934 e. The Morgan fingerprint density at radius 1 is 1.10 bits per heavy atom. The zero-order chi connectivity index (χ0) is 14.8. The van der Waals surface area contributed by atoms with E-state index in [1.165, 1.54) is 51.4 Å². The minimum atomic E-state index is 0.401. The highest BCUT2D eigenvalue weighted by Gasteiger charge is 2.37. The van der Waals surface area contributed by atoms with Crippen LogP contribution in [0.5, 0.6) is 0 Å². The van der Waals surface area contributed by atoms with E-state index in [4.69, 9.17) is 0 Å². The lowest BCUT2D eigenvalue weighted by molar-refractivity contribution is 0.222. The molecule has 0 N–H and O–H groups in total. The van der Waals surface area contributed by atoms with Crippen molar-refractivity contribution in [1.82, 2.24) is 0 Å². The molecule has 0 heterocycles. The Kier molecular flexibility index (Phi) is 5.04. The Labute approximate surface area is 126 Å². The molecule has 0 aromatic heterocycles. The van der Waals surface area contributed by atoms with Gasteiger partial charge in [0.25, 0.3) is 0 Å². The van der Waals surface area contributed by atoms with Gasteiger partial charge in [0, 0.05) is 6.42 Å². The molecule has 0 aliphatic heterocycles. The molecule has 0 nitrogen and oxygen atoms in total. The van der Waals surface area contributed by atoms with E-state index in [1.807, 2.05) is 0 Å². The Bertz CT molecular complexity index is 394. The van der Waals surface area contributed by atoms with Gasteiger partial charge in [-0.1, -0.05) is 36.6 Å². The Hall–Kier alpha value is -0.650.